The summed E-state index contributed by atoms with van der Waals surface area (Å²) in [5.41, 5.74) is 8.18. The summed E-state index contributed by atoms with van der Waals surface area (Å²) in [4.78, 5) is 11.6. The van der Waals surface area contributed by atoms with Crippen LogP contribution in [0.25, 0.3) is 0 Å². The van der Waals surface area contributed by atoms with Crippen LogP contribution in [0.4, 0.5) is 0 Å². The Morgan fingerprint density at radius 1 is 1.31 bits per heavy atom. The number of carbonyl (C=O) groups excluding carboxylic acids is 1. The van der Waals surface area contributed by atoms with Gasteiger partial charge in [0.25, 0.3) is 0 Å². The highest BCUT2D eigenvalue weighted by molar-refractivity contribution is 5.76. The smallest absolute Gasteiger partial charge is 0.325 e. The Hall–Kier alpha value is -1.35. The van der Waals surface area contributed by atoms with Gasteiger partial charge in [-0.1, -0.05) is 30.3 Å². The number of carbonyl (C=O) groups is 1. The molecule has 16 heavy (non-hydrogen) atoms. The van der Waals surface area contributed by atoms with Crippen molar-refractivity contribution in [1.82, 2.24) is 5.73 Å². The van der Waals surface area contributed by atoms with Gasteiger partial charge in [-0.2, -0.15) is 0 Å². The first-order valence-electron chi connectivity index (χ1n) is 5.36. The fourth-order valence-corrected chi connectivity index (χ4v) is 1.31. The van der Waals surface area contributed by atoms with E-state index in [-0.39, 0.29) is 0 Å². The van der Waals surface area contributed by atoms with Crippen LogP contribution in [0.1, 0.15) is 26.3 Å². The van der Waals surface area contributed by atoms with Gasteiger partial charge in [-0.15, -0.1) is 0 Å². The van der Waals surface area contributed by atoms with Crippen LogP contribution in [0.5, 0.6) is 0 Å². The SMILES string of the molecule is CC(C)(C)OC(=O)C([NH])Cc1ccccc1. The molecule has 1 N–H and O–H groups in total. The molecule has 0 spiro atoms. The molecule has 1 aromatic carbocycles. The number of nitrogens with one attached hydrogen (secondary N) is 1. The normalized spacial score (nSPS) is 13.2. The molecule has 1 unspecified atom stereocenters. The second-order valence-corrected chi connectivity index (χ2v) is 4.78. The maximum atomic E-state index is 11.6. The number of hydrogen-bond acceptors (Lipinski definition) is 2. The highest BCUT2D eigenvalue weighted by Gasteiger charge is 2.22. The molecule has 1 aromatic rings. The molecule has 0 aliphatic carbocycles. The number of esters is 1. The Morgan fingerprint density at radius 3 is 2.38 bits per heavy atom. The Kier molecular flexibility index (Phi) is 4.07. The van der Waals surface area contributed by atoms with Gasteiger partial charge < -0.3 is 4.74 Å². The van der Waals surface area contributed by atoms with Crippen LogP contribution in [0.2, 0.25) is 0 Å². The molecule has 0 aliphatic rings. The van der Waals surface area contributed by atoms with Gasteiger partial charge in [-0.25, -0.2) is 5.73 Å². The van der Waals surface area contributed by atoms with E-state index in [2.05, 4.69) is 0 Å². The molecule has 0 fully saturated rings. The van der Waals surface area contributed by atoms with Crippen molar-refractivity contribution in [2.45, 2.75) is 38.8 Å². The molecule has 0 saturated carbocycles. The van der Waals surface area contributed by atoms with Gasteiger partial charge in [0.05, 0.1) is 0 Å². The van der Waals surface area contributed by atoms with Crippen LogP contribution in [0.15, 0.2) is 30.3 Å². The molecule has 0 aliphatic heterocycles. The van der Waals surface area contributed by atoms with Gasteiger partial charge in [0.15, 0.2) is 0 Å². The minimum Gasteiger partial charge on any atom is -0.459 e. The maximum absolute atomic E-state index is 11.6. The number of rotatable bonds is 3. The van der Waals surface area contributed by atoms with E-state index in [0.29, 0.717) is 6.42 Å². The lowest BCUT2D eigenvalue weighted by atomic mass is 10.1. The first-order valence-corrected chi connectivity index (χ1v) is 5.36. The van der Waals surface area contributed by atoms with Crippen molar-refractivity contribution in [3.63, 3.8) is 0 Å². The molecule has 0 saturated heterocycles. The van der Waals surface area contributed by atoms with Gasteiger partial charge in [0.2, 0.25) is 0 Å². The van der Waals surface area contributed by atoms with Gasteiger partial charge in [0.1, 0.15) is 11.6 Å². The number of ether oxygens (including phenoxy) is 1. The number of benzene rings is 1. The molecular weight excluding hydrogens is 202 g/mol. The highest BCUT2D eigenvalue weighted by Crippen LogP contribution is 2.10. The predicted octanol–water partition coefficient (Wildman–Crippen LogP) is 2.22. The molecule has 1 radical (unpaired) electrons. The van der Waals surface area contributed by atoms with Crippen molar-refractivity contribution in [2.75, 3.05) is 0 Å². The molecule has 0 heterocycles. The van der Waals surface area contributed by atoms with Gasteiger partial charge >= 0.3 is 5.97 Å². The van der Waals surface area contributed by atoms with Gasteiger partial charge in [0, 0.05) is 0 Å². The largest absolute Gasteiger partial charge is 0.459 e. The Balaban J connectivity index is 2.53. The molecular formula is C13H18NO2. The summed E-state index contributed by atoms with van der Waals surface area (Å²) in [7, 11) is 0. The van der Waals surface area contributed by atoms with Crippen molar-refractivity contribution >= 4 is 5.97 Å². The standard InChI is InChI=1S/C13H18NO2/c1-13(2,3)16-12(15)11(14)9-10-7-5-4-6-8-10/h4-8,11,14H,9H2,1-3H3. The van der Waals surface area contributed by atoms with E-state index < -0.39 is 17.6 Å². The summed E-state index contributed by atoms with van der Waals surface area (Å²) >= 11 is 0. The van der Waals surface area contributed by atoms with Crippen molar-refractivity contribution in [2.24, 2.45) is 0 Å². The molecule has 87 valence electrons. The lowest BCUT2D eigenvalue weighted by molar-refractivity contribution is -0.156. The molecule has 3 nitrogen and oxygen atoms in total. The zero-order chi connectivity index (χ0) is 12.2. The predicted molar refractivity (Wildman–Crippen MR) is 62.9 cm³/mol. The quantitative estimate of drug-likeness (QED) is 0.733. The maximum Gasteiger partial charge on any atom is 0.325 e. The summed E-state index contributed by atoms with van der Waals surface area (Å²) < 4.78 is 5.15. The third-order valence-corrected chi connectivity index (χ3v) is 1.97. The van der Waals surface area contributed by atoms with E-state index in [1.807, 2.05) is 30.3 Å². The molecule has 0 aromatic heterocycles. The summed E-state index contributed by atoms with van der Waals surface area (Å²) in [5.74, 6) is -0.462. The third kappa shape index (κ3) is 4.45. The summed E-state index contributed by atoms with van der Waals surface area (Å²) in [6, 6.07) is 8.68. The minimum absolute atomic E-state index is 0.399. The average molecular weight is 220 g/mol. The highest BCUT2D eigenvalue weighted by atomic mass is 16.6. The second kappa shape index (κ2) is 5.12. The first kappa shape index (κ1) is 12.7. The van der Waals surface area contributed by atoms with E-state index in [4.69, 9.17) is 10.5 Å². The van der Waals surface area contributed by atoms with Crippen LogP contribution in [-0.2, 0) is 16.0 Å². The van der Waals surface area contributed by atoms with Crippen LogP contribution in [0, 0.1) is 0 Å². The van der Waals surface area contributed by atoms with E-state index in [1.165, 1.54) is 0 Å². The average Bonchev–Trinajstić information content (AvgIpc) is 2.16. The molecule has 1 rings (SSSR count). The summed E-state index contributed by atoms with van der Waals surface area (Å²) in [5, 5.41) is 0. The lowest BCUT2D eigenvalue weighted by Crippen LogP contribution is -2.33. The van der Waals surface area contributed by atoms with Crippen LogP contribution in [0.3, 0.4) is 0 Å². The van der Waals surface area contributed by atoms with E-state index in [9.17, 15) is 4.79 Å². The topological polar surface area (TPSA) is 50.1 Å². The zero-order valence-electron chi connectivity index (χ0n) is 9.99. The zero-order valence-corrected chi connectivity index (χ0v) is 9.99. The van der Waals surface area contributed by atoms with E-state index in [0.717, 1.165) is 5.56 Å². The van der Waals surface area contributed by atoms with Crippen molar-refractivity contribution in [1.29, 1.82) is 0 Å². The van der Waals surface area contributed by atoms with Gasteiger partial charge in [-0.05, 0) is 32.8 Å². The molecule has 0 amide bonds. The van der Waals surface area contributed by atoms with Crippen molar-refractivity contribution in [3.05, 3.63) is 35.9 Å². The molecule has 1 atom stereocenters. The Morgan fingerprint density at radius 2 is 1.88 bits per heavy atom. The molecule has 0 bridgehead atoms. The Labute approximate surface area is 96.6 Å². The summed E-state index contributed by atoms with van der Waals surface area (Å²) in [6.45, 7) is 5.42. The summed E-state index contributed by atoms with van der Waals surface area (Å²) in [6.07, 6.45) is 0.399. The van der Waals surface area contributed by atoms with Crippen LogP contribution < -0.4 is 5.73 Å². The Bertz CT molecular complexity index is 341. The van der Waals surface area contributed by atoms with Crippen molar-refractivity contribution in [3.8, 4) is 0 Å². The minimum atomic E-state index is -0.846. The van der Waals surface area contributed by atoms with Crippen molar-refractivity contribution < 1.29 is 9.53 Å². The number of hydrogen-bond donors (Lipinski definition) is 0. The second-order valence-electron chi connectivity index (χ2n) is 4.78. The monoisotopic (exact) mass is 220 g/mol. The fourth-order valence-electron chi connectivity index (χ4n) is 1.31. The fraction of sp³-hybridized carbons (Fsp3) is 0.462. The van der Waals surface area contributed by atoms with Crippen LogP contribution in [-0.4, -0.2) is 17.6 Å². The van der Waals surface area contributed by atoms with E-state index in [1.54, 1.807) is 20.8 Å². The molecule has 3 heteroatoms. The van der Waals surface area contributed by atoms with E-state index >= 15 is 0 Å². The lowest BCUT2D eigenvalue weighted by Gasteiger charge is -2.21. The van der Waals surface area contributed by atoms with Gasteiger partial charge in [-0.3, -0.25) is 4.79 Å². The van der Waals surface area contributed by atoms with Crippen LogP contribution >= 0.6 is 0 Å². The first-order chi connectivity index (χ1) is 7.38. The third-order valence-electron chi connectivity index (χ3n) is 1.97.